The Morgan fingerprint density at radius 1 is 1.14 bits per heavy atom. The van der Waals surface area contributed by atoms with Gasteiger partial charge in [-0.2, -0.15) is 0 Å². The third kappa shape index (κ3) is 5.08. The van der Waals surface area contributed by atoms with Gasteiger partial charge in [-0.3, -0.25) is 9.59 Å². The van der Waals surface area contributed by atoms with Crippen LogP contribution in [0.25, 0.3) is 17.0 Å². The molecule has 1 N–H and O–H groups in total. The van der Waals surface area contributed by atoms with Crippen LogP contribution >= 0.6 is 0 Å². The van der Waals surface area contributed by atoms with Crippen molar-refractivity contribution in [3.8, 4) is 5.75 Å². The summed E-state index contributed by atoms with van der Waals surface area (Å²) in [7, 11) is 3.16. The average molecular weight is 393 g/mol. The zero-order valence-corrected chi connectivity index (χ0v) is 16.4. The molecule has 1 amide bonds. The number of hydrogen-bond donors (Lipinski definition) is 1. The fourth-order valence-electron chi connectivity index (χ4n) is 2.93. The second kappa shape index (κ2) is 9.66. The molecule has 0 aliphatic heterocycles. The number of aromatic nitrogens is 2. The molecule has 150 valence electrons. The Morgan fingerprint density at radius 3 is 2.69 bits per heavy atom. The van der Waals surface area contributed by atoms with Crippen LogP contribution in [-0.4, -0.2) is 48.1 Å². The van der Waals surface area contributed by atoms with Gasteiger partial charge in [-0.25, -0.2) is 4.98 Å². The molecule has 3 rings (SSSR count). The first kappa shape index (κ1) is 20.3. The lowest BCUT2D eigenvalue weighted by Gasteiger charge is -2.20. The minimum atomic E-state index is -0.227. The molecular weight excluding hydrogens is 370 g/mol. The maximum Gasteiger partial charge on any atom is 0.258 e. The summed E-state index contributed by atoms with van der Waals surface area (Å²) in [6.07, 6.45) is 3.18. The van der Waals surface area contributed by atoms with Crippen LogP contribution in [0.2, 0.25) is 0 Å². The number of hydrogen-bond acceptors (Lipinski definition) is 5. The van der Waals surface area contributed by atoms with Gasteiger partial charge < -0.3 is 19.4 Å². The molecule has 7 nitrogen and oxygen atoms in total. The second-order valence-corrected chi connectivity index (χ2v) is 6.36. The number of H-pyrrole nitrogens is 1. The number of nitrogens with one attached hydrogen (secondary N) is 1. The van der Waals surface area contributed by atoms with E-state index in [1.165, 1.54) is 6.08 Å². The van der Waals surface area contributed by atoms with Crippen molar-refractivity contribution in [1.82, 2.24) is 14.9 Å². The van der Waals surface area contributed by atoms with E-state index in [4.69, 9.17) is 9.47 Å². The average Bonchev–Trinajstić information content (AvgIpc) is 2.75. The molecule has 7 heteroatoms. The number of fused-ring (bicyclic) bond motifs is 1. The summed E-state index contributed by atoms with van der Waals surface area (Å²) in [6, 6.07) is 14.5. The standard InChI is InChI=1S/C22H23N3O4/c1-28-14-13-25(21(26)12-11-16-7-3-6-10-19(16)29-2)15-20-23-18-9-5-4-8-17(18)22(27)24-20/h3-12H,13-15H2,1-2H3,(H,23,24,27)/b12-11+. The van der Waals surface area contributed by atoms with Gasteiger partial charge in [0, 0.05) is 25.3 Å². The molecule has 0 radical (unpaired) electrons. The largest absolute Gasteiger partial charge is 0.496 e. The molecule has 0 aliphatic carbocycles. The van der Waals surface area contributed by atoms with Gasteiger partial charge in [0.05, 0.1) is 31.2 Å². The Balaban J connectivity index is 1.83. The van der Waals surface area contributed by atoms with Gasteiger partial charge in [0.1, 0.15) is 11.6 Å². The SMILES string of the molecule is COCCN(Cc1nc2ccccc2c(=O)[nH]1)C(=O)/C=C/c1ccccc1OC. The van der Waals surface area contributed by atoms with Crippen LogP contribution in [0, 0.1) is 0 Å². The summed E-state index contributed by atoms with van der Waals surface area (Å²) in [5, 5.41) is 0.516. The number of rotatable bonds is 8. The number of methoxy groups -OCH3 is 2. The number of benzene rings is 2. The Labute approximate surface area is 168 Å². The van der Waals surface area contributed by atoms with Crippen molar-refractivity contribution < 1.29 is 14.3 Å². The van der Waals surface area contributed by atoms with Crippen molar-refractivity contribution in [2.45, 2.75) is 6.54 Å². The minimum absolute atomic E-state index is 0.165. The zero-order chi connectivity index (χ0) is 20.6. The fourth-order valence-corrected chi connectivity index (χ4v) is 2.93. The van der Waals surface area contributed by atoms with Gasteiger partial charge in [0.25, 0.3) is 5.56 Å². The number of carbonyl (C=O) groups is 1. The monoisotopic (exact) mass is 393 g/mol. The normalized spacial score (nSPS) is 11.1. The topological polar surface area (TPSA) is 84.5 Å². The Bertz CT molecular complexity index is 1070. The van der Waals surface area contributed by atoms with Gasteiger partial charge >= 0.3 is 0 Å². The number of amides is 1. The van der Waals surface area contributed by atoms with Crippen molar-refractivity contribution in [2.75, 3.05) is 27.4 Å². The van der Waals surface area contributed by atoms with Crippen LogP contribution in [0.5, 0.6) is 5.75 Å². The molecule has 29 heavy (non-hydrogen) atoms. The predicted molar refractivity (Wildman–Crippen MR) is 112 cm³/mol. The Kier molecular flexibility index (Phi) is 6.76. The Morgan fingerprint density at radius 2 is 1.90 bits per heavy atom. The smallest absolute Gasteiger partial charge is 0.258 e. The number of carbonyl (C=O) groups excluding carboxylic acids is 1. The van der Waals surface area contributed by atoms with Gasteiger partial charge in [-0.15, -0.1) is 0 Å². The van der Waals surface area contributed by atoms with Gasteiger partial charge in [0.2, 0.25) is 5.91 Å². The first-order valence-corrected chi connectivity index (χ1v) is 9.19. The van der Waals surface area contributed by atoms with E-state index in [9.17, 15) is 9.59 Å². The molecule has 1 heterocycles. The molecule has 0 bridgehead atoms. The molecule has 2 aromatic carbocycles. The van der Waals surface area contributed by atoms with Crippen LogP contribution in [0.4, 0.5) is 0 Å². The van der Waals surface area contributed by atoms with Crippen LogP contribution in [0.1, 0.15) is 11.4 Å². The van der Waals surface area contributed by atoms with Crippen LogP contribution < -0.4 is 10.3 Å². The third-order valence-corrected chi connectivity index (χ3v) is 4.42. The maximum atomic E-state index is 12.8. The molecule has 1 aromatic heterocycles. The van der Waals surface area contributed by atoms with Crippen LogP contribution in [0.3, 0.4) is 0 Å². The molecule has 0 unspecified atom stereocenters. The summed E-state index contributed by atoms with van der Waals surface area (Å²) in [6.45, 7) is 0.896. The van der Waals surface area contributed by atoms with Crippen molar-refractivity contribution in [2.24, 2.45) is 0 Å². The molecule has 0 saturated carbocycles. The van der Waals surface area contributed by atoms with E-state index >= 15 is 0 Å². The molecule has 0 saturated heterocycles. The predicted octanol–water partition coefficient (Wildman–Crippen LogP) is 2.62. The lowest BCUT2D eigenvalue weighted by molar-refractivity contribution is -0.127. The van der Waals surface area contributed by atoms with E-state index in [2.05, 4.69) is 9.97 Å². The van der Waals surface area contributed by atoms with Crippen molar-refractivity contribution >= 4 is 22.9 Å². The summed E-state index contributed by atoms with van der Waals surface area (Å²) in [4.78, 5) is 33.9. The highest BCUT2D eigenvalue weighted by molar-refractivity contribution is 5.92. The number of para-hydroxylation sites is 2. The fraction of sp³-hybridized carbons (Fsp3) is 0.227. The van der Waals surface area contributed by atoms with Crippen molar-refractivity contribution in [3.63, 3.8) is 0 Å². The maximum absolute atomic E-state index is 12.8. The van der Waals surface area contributed by atoms with Crippen LogP contribution in [-0.2, 0) is 16.1 Å². The molecule has 0 aliphatic rings. The van der Waals surface area contributed by atoms with Gasteiger partial charge in [-0.05, 0) is 24.3 Å². The zero-order valence-electron chi connectivity index (χ0n) is 16.4. The van der Waals surface area contributed by atoms with Crippen LogP contribution in [0.15, 0.2) is 59.4 Å². The molecule has 0 spiro atoms. The van der Waals surface area contributed by atoms with E-state index in [-0.39, 0.29) is 18.0 Å². The third-order valence-electron chi connectivity index (χ3n) is 4.42. The summed E-state index contributed by atoms with van der Waals surface area (Å²) in [5.41, 5.74) is 1.16. The number of ether oxygens (including phenoxy) is 2. The first-order valence-electron chi connectivity index (χ1n) is 9.19. The highest BCUT2D eigenvalue weighted by atomic mass is 16.5. The lowest BCUT2D eigenvalue weighted by Crippen LogP contribution is -2.33. The quantitative estimate of drug-likeness (QED) is 0.595. The first-order chi connectivity index (χ1) is 14.1. The molecule has 0 atom stereocenters. The van der Waals surface area contributed by atoms with Crippen molar-refractivity contribution in [1.29, 1.82) is 0 Å². The van der Waals surface area contributed by atoms with Crippen molar-refractivity contribution in [3.05, 3.63) is 76.3 Å². The van der Waals surface area contributed by atoms with E-state index in [0.717, 1.165) is 5.56 Å². The number of nitrogens with zero attached hydrogens (tertiary/aromatic N) is 2. The number of aromatic amines is 1. The highest BCUT2D eigenvalue weighted by Crippen LogP contribution is 2.18. The van der Waals surface area contributed by atoms with Gasteiger partial charge in [-0.1, -0.05) is 30.3 Å². The highest BCUT2D eigenvalue weighted by Gasteiger charge is 2.14. The van der Waals surface area contributed by atoms with Gasteiger partial charge in [0.15, 0.2) is 0 Å². The van der Waals surface area contributed by atoms with E-state index in [0.29, 0.717) is 35.6 Å². The molecule has 0 fully saturated rings. The summed E-state index contributed by atoms with van der Waals surface area (Å²) < 4.78 is 10.4. The van der Waals surface area contributed by atoms with E-state index < -0.39 is 0 Å². The molecule has 3 aromatic rings. The van der Waals surface area contributed by atoms with E-state index in [1.807, 2.05) is 30.3 Å². The van der Waals surface area contributed by atoms with E-state index in [1.54, 1.807) is 43.4 Å². The molecular formula is C22H23N3O4. The lowest BCUT2D eigenvalue weighted by atomic mass is 10.2. The second-order valence-electron chi connectivity index (χ2n) is 6.36. The summed E-state index contributed by atoms with van der Waals surface area (Å²) >= 11 is 0. The summed E-state index contributed by atoms with van der Waals surface area (Å²) in [5.74, 6) is 0.883. The minimum Gasteiger partial charge on any atom is -0.496 e. The Hall–Kier alpha value is -3.45.